The van der Waals surface area contributed by atoms with E-state index in [0.29, 0.717) is 12.0 Å². The van der Waals surface area contributed by atoms with Gasteiger partial charge in [0, 0.05) is 11.8 Å². The summed E-state index contributed by atoms with van der Waals surface area (Å²) in [5.74, 6) is -1.78. The molecule has 0 spiro atoms. The SMILES string of the molecule is CCCS(=O)(=O)c1c(S(=O)(=O)CCC)c2c(C)cc(C)cn2c1C(=O)c1ccc(F)cc1. The second-order valence-electron chi connectivity index (χ2n) is 7.90. The van der Waals surface area contributed by atoms with E-state index in [1.54, 1.807) is 40.0 Å². The summed E-state index contributed by atoms with van der Waals surface area (Å²) in [6.45, 7) is 6.83. The van der Waals surface area contributed by atoms with Crippen LogP contribution in [0.4, 0.5) is 4.39 Å². The molecular weight excluding hydrogens is 453 g/mol. The number of rotatable bonds is 8. The predicted octanol–water partition coefficient (Wildman–Crippen LogP) is 4.29. The third kappa shape index (κ3) is 4.23. The van der Waals surface area contributed by atoms with Gasteiger partial charge in [0.25, 0.3) is 0 Å². The molecule has 0 bridgehead atoms. The third-order valence-corrected chi connectivity index (χ3v) is 9.22. The minimum Gasteiger partial charge on any atom is -0.311 e. The van der Waals surface area contributed by atoms with Gasteiger partial charge < -0.3 is 4.40 Å². The van der Waals surface area contributed by atoms with Gasteiger partial charge >= 0.3 is 0 Å². The number of aromatic nitrogens is 1. The zero-order chi connectivity index (χ0) is 23.8. The summed E-state index contributed by atoms with van der Waals surface area (Å²) >= 11 is 0. The van der Waals surface area contributed by atoms with Crippen molar-refractivity contribution in [2.24, 2.45) is 0 Å². The number of benzene rings is 1. The average molecular weight is 480 g/mol. The number of ketones is 1. The smallest absolute Gasteiger partial charge is 0.211 e. The number of hydrogen-bond acceptors (Lipinski definition) is 5. The number of carbonyl (C=O) groups excluding carboxylic acids is 1. The zero-order valence-corrected chi connectivity index (χ0v) is 20.1. The van der Waals surface area contributed by atoms with Crippen LogP contribution in [-0.2, 0) is 19.7 Å². The van der Waals surface area contributed by atoms with Gasteiger partial charge in [-0.2, -0.15) is 0 Å². The first-order valence-corrected chi connectivity index (χ1v) is 13.7. The Hall–Kier alpha value is -2.52. The van der Waals surface area contributed by atoms with Crippen molar-refractivity contribution in [2.75, 3.05) is 11.5 Å². The Morgan fingerprint density at radius 2 is 1.44 bits per heavy atom. The molecule has 0 aliphatic heterocycles. The lowest BCUT2D eigenvalue weighted by atomic mass is 10.1. The first kappa shape index (κ1) is 24.1. The van der Waals surface area contributed by atoms with Crippen LogP contribution in [0.15, 0.2) is 46.3 Å². The molecule has 0 aliphatic rings. The van der Waals surface area contributed by atoms with E-state index in [0.717, 1.165) is 17.7 Å². The van der Waals surface area contributed by atoms with E-state index in [-0.39, 0.29) is 39.6 Å². The Labute approximate surface area is 187 Å². The molecule has 0 saturated heterocycles. The van der Waals surface area contributed by atoms with Gasteiger partial charge in [-0.05, 0) is 62.1 Å². The molecule has 3 rings (SSSR count). The van der Waals surface area contributed by atoms with Gasteiger partial charge in [0.1, 0.15) is 21.3 Å². The monoisotopic (exact) mass is 479 g/mol. The van der Waals surface area contributed by atoms with E-state index in [9.17, 15) is 26.0 Å². The lowest BCUT2D eigenvalue weighted by Gasteiger charge is -2.09. The Kier molecular flexibility index (Phi) is 6.62. The molecule has 172 valence electrons. The molecule has 2 aromatic heterocycles. The molecule has 1 aromatic carbocycles. The number of hydrogen-bond donors (Lipinski definition) is 0. The van der Waals surface area contributed by atoms with Crippen molar-refractivity contribution in [2.45, 2.75) is 50.3 Å². The van der Waals surface area contributed by atoms with E-state index in [1.165, 1.54) is 16.5 Å². The fraction of sp³-hybridized carbons (Fsp3) is 0.348. The summed E-state index contributed by atoms with van der Waals surface area (Å²) in [7, 11) is -8.14. The van der Waals surface area contributed by atoms with Gasteiger partial charge in [-0.25, -0.2) is 21.2 Å². The van der Waals surface area contributed by atoms with Gasteiger partial charge in [0.05, 0.1) is 17.0 Å². The highest BCUT2D eigenvalue weighted by Crippen LogP contribution is 2.37. The topological polar surface area (TPSA) is 89.8 Å². The maximum absolute atomic E-state index is 13.6. The minimum atomic E-state index is -4.12. The molecule has 0 fully saturated rings. The van der Waals surface area contributed by atoms with Crippen molar-refractivity contribution in [1.29, 1.82) is 0 Å². The quantitative estimate of drug-likeness (QED) is 0.450. The summed E-state index contributed by atoms with van der Waals surface area (Å²) in [6, 6.07) is 6.48. The summed E-state index contributed by atoms with van der Waals surface area (Å²) in [6.07, 6.45) is 2.11. The van der Waals surface area contributed by atoms with E-state index < -0.39 is 36.2 Å². The molecule has 2 heterocycles. The van der Waals surface area contributed by atoms with Crippen molar-refractivity contribution >= 4 is 31.0 Å². The fourth-order valence-corrected chi connectivity index (χ4v) is 8.01. The van der Waals surface area contributed by atoms with Gasteiger partial charge in [0.15, 0.2) is 19.7 Å². The molecule has 0 radical (unpaired) electrons. The molecule has 3 aromatic rings. The van der Waals surface area contributed by atoms with Crippen LogP contribution >= 0.6 is 0 Å². The Morgan fingerprint density at radius 3 is 1.97 bits per heavy atom. The minimum absolute atomic E-state index is 0.0670. The van der Waals surface area contributed by atoms with Gasteiger partial charge in [-0.3, -0.25) is 4.79 Å². The second kappa shape index (κ2) is 8.78. The molecule has 0 aliphatic carbocycles. The largest absolute Gasteiger partial charge is 0.311 e. The standard InChI is InChI=1S/C23H26FNO5S2/c1-5-11-31(27,28)22-19-16(4)13-15(3)14-25(19)20(23(22)32(29,30)12-6-2)21(26)17-7-9-18(24)10-8-17/h7-10,13-14H,5-6,11-12H2,1-4H3. The van der Waals surface area contributed by atoms with E-state index in [2.05, 4.69) is 0 Å². The van der Waals surface area contributed by atoms with Crippen LogP contribution in [0.3, 0.4) is 0 Å². The number of nitrogens with zero attached hydrogens (tertiary/aromatic N) is 1. The third-order valence-electron chi connectivity index (χ3n) is 5.16. The number of pyridine rings is 1. The summed E-state index contributed by atoms with van der Waals surface area (Å²) in [5, 5.41) is 0. The van der Waals surface area contributed by atoms with Crippen LogP contribution in [0, 0.1) is 19.7 Å². The maximum atomic E-state index is 13.6. The highest BCUT2D eigenvalue weighted by molar-refractivity contribution is 7.94. The molecule has 32 heavy (non-hydrogen) atoms. The van der Waals surface area contributed by atoms with Crippen molar-refractivity contribution in [3.8, 4) is 0 Å². The number of fused-ring (bicyclic) bond motifs is 1. The van der Waals surface area contributed by atoms with Crippen LogP contribution in [0.5, 0.6) is 0 Å². The number of aryl methyl sites for hydroxylation is 2. The Balaban J connectivity index is 2.58. The van der Waals surface area contributed by atoms with Crippen LogP contribution < -0.4 is 0 Å². The van der Waals surface area contributed by atoms with Crippen molar-refractivity contribution in [1.82, 2.24) is 4.40 Å². The molecular formula is C23H26FNO5S2. The predicted molar refractivity (Wildman–Crippen MR) is 121 cm³/mol. The van der Waals surface area contributed by atoms with Gasteiger partial charge in [0.2, 0.25) is 5.78 Å². The molecule has 0 unspecified atom stereocenters. The van der Waals surface area contributed by atoms with Crippen LogP contribution in [0.25, 0.3) is 5.52 Å². The summed E-state index contributed by atoms with van der Waals surface area (Å²) in [4.78, 5) is 12.8. The molecule has 0 atom stereocenters. The van der Waals surface area contributed by atoms with E-state index in [4.69, 9.17) is 0 Å². The number of halogens is 1. The highest BCUT2D eigenvalue weighted by atomic mass is 32.2. The summed E-state index contributed by atoms with van der Waals surface area (Å²) in [5.41, 5.74) is 1.30. The first-order valence-electron chi connectivity index (χ1n) is 10.4. The average Bonchev–Trinajstić information content (AvgIpc) is 3.05. The Bertz CT molecular complexity index is 1400. The van der Waals surface area contributed by atoms with E-state index >= 15 is 0 Å². The van der Waals surface area contributed by atoms with Gasteiger partial charge in [-0.15, -0.1) is 0 Å². The molecule has 9 heteroatoms. The Morgan fingerprint density at radius 1 is 0.906 bits per heavy atom. The van der Waals surface area contributed by atoms with Crippen LogP contribution in [-0.4, -0.2) is 38.5 Å². The first-order chi connectivity index (χ1) is 14.9. The fourth-order valence-electron chi connectivity index (χ4n) is 3.96. The lowest BCUT2D eigenvalue weighted by molar-refractivity contribution is 0.103. The van der Waals surface area contributed by atoms with Gasteiger partial charge in [-0.1, -0.05) is 19.9 Å². The second-order valence-corrected chi connectivity index (χ2v) is 12.0. The normalized spacial score (nSPS) is 12.4. The molecule has 0 saturated carbocycles. The zero-order valence-electron chi connectivity index (χ0n) is 18.5. The number of carbonyl (C=O) groups is 1. The number of sulfone groups is 2. The molecule has 0 N–H and O–H groups in total. The summed E-state index contributed by atoms with van der Waals surface area (Å²) < 4.78 is 68.3. The van der Waals surface area contributed by atoms with E-state index in [1.807, 2.05) is 0 Å². The van der Waals surface area contributed by atoms with Crippen LogP contribution in [0.1, 0.15) is 53.9 Å². The van der Waals surface area contributed by atoms with Crippen molar-refractivity contribution in [3.05, 3.63) is 64.7 Å². The molecule has 6 nitrogen and oxygen atoms in total. The van der Waals surface area contributed by atoms with Crippen LogP contribution in [0.2, 0.25) is 0 Å². The maximum Gasteiger partial charge on any atom is 0.211 e. The highest BCUT2D eigenvalue weighted by Gasteiger charge is 2.37. The molecule has 0 amide bonds. The van der Waals surface area contributed by atoms with Crippen molar-refractivity contribution < 1.29 is 26.0 Å². The van der Waals surface area contributed by atoms with Crippen molar-refractivity contribution in [3.63, 3.8) is 0 Å². The lowest BCUT2D eigenvalue weighted by Crippen LogP contribution is -2.17.